The third-order valence-electron chi connectivity index (χ3n) is 5.79. The van der Waals surface area contributed by atoms with Crippen LogP contribution in [0.25, 0.3) is 11.3 Å². The highest BCUT2D eigenvalue weighted by Crippen LogP contribution is 2.33. The van der Waals surface area contributed by atoms with Gasteiger partial charge in [0, 0.05) is 36.4 Å². The molecular formula is C25H29FN6O3. The number of nitrogen functional groups attached to an aromatic ring is 1. The minimum Gasteiger partial charge on any atom is -0.507 e. The zero-order chi connectivity index (χ0) is 24.9. The fraction of sp³-hybridized carbons (Fsp3) is 0.320. The van der Waals surface area contributed by atoms with Gasteiger partial charge in [-0.3, -0.25) is 0 Å². The number of benzene rings is 2. The molecule has 1 aliphatic heterocycles. The van der Waals surface area contributed by atoms with Crippen LogP contribution in [0.3, 0.4) is 0 Å². The van der Waals surface area contributed by atoms with Gasteiger partial charge in [0.05, 0.1) is 18.0 Å². The molecule has 0 radical (unpaired) electrons. The lowest BCUT2D eigenvalue weighted by molar-refractivity contribution is 0.0983. The summed E-state index contributed by atoms with van der Waals surface area (Å²) in [6.45, 7) is 5.11. The van der Waals surface area contributed by atoms with Gasteiger partial charge in [-0.25, -0.2) is 14.2 Å². The number of aryl methyl sites for hydroxylation is 1. The predicted octanol–water partition coefficient (Wildman–Crippen LogP) is 4.66. The van der Waals surface area contributed by atoms with E-state index >= 15 is 0 Å². The number of piperidine rings is 1. The Labute approximate surface area is 203 Å². The molecule has 4 rings (SSSR count). The number of nitrogens with zero attached hydrogens (tertiary/aromatic N) is 3. The molecule has 1 aromatic heterocycles. The van der Waals surface area contributed by atoms with Crippen molar-refractivity contribution >= 4 is 29.2 Å². The zero-order valence-electron chi connectivity index (χ0n) is 19.7. The van der Waals surface area contributed by atoms with Gasteiger partial charge in [-0.2, -0.15) is 4.98 Å². The van der Waals surface area contributed by atoms with E-state index in [9.17, 15) is 14.3 Å². The number of anilines is 4. The van der Waals surface area contributed by atoms with Crippen LogP contribution in [0.4, 0.5) is 32.3 Å². The average molecular weight is 481 g/mol. The maximum absolute atomic E-state index is 14.3. The molecule has 9 nitrogen and oxygen atoms in total. The Bertz CT molecular complexity index is 1210. The number of halogens is 1. The van der Waals surface area contributed by atoms with Gasteiger partial charge in [0.2, 0.25) is 5.95 Å². The van der Waals surface area contributed by atoms with E-state index in [2.05, 4.69) is 20.6 Å². The van der Waals surface area contributed by atoms with Crippen molar-refractivity contribution in [3.8, 4) is 17.0 Å². The molecule has 1 saturated heterocycles. The summed E-state index contributed by atoms with van der Waals surface area (Å²) >= 11 is 0. The normalized spacial score (nSPS) is 14.0. The van der Waals surface area contributed by atoms with Gasteiger partial charge in [0.15, 0.2) is 0 Å². The van der Waals surface area contributed by atoms with Crippen molar-refractivity contribution in [2.75, 3.05) is 36.1 Å². The van der Waals surface area contributed by atoms with E-state index in [1.165, 1.54) is 12.1 Å². The maximum Gasteiger partial charge on any atom is 0.409 e. The van der Waals surface area contributed by atoms with Crippen LogP contribution < -0.4 is 16.4 Å². The molecule has 1 fully saturated rings. The lowest BCUT2D eigenvalue weighted by Crippen LogP contribution is -2.42. The van der Waals surface area contributed by atoms with Crippen LogP contribution in [0.1, 0.15) is 25.3 Å². The molecule has 184 valence electrons. The number of likely N-dealkylation sites (tertiary alicyclic amines) is 1. The fourth-order valence-electron chi connectivity index (χ4n) is 4.00. The number of rotatable bonds is 6. The van der Waals surface area contributed by atoms with Crippen LogP contribution in [0.5, 0.6) is 5.75 Å². The first kappa shape index (κ1) is 24.1. The Morgan fingerprint density at radius 3 is 2.69 bits per heavy atom. The number of phenolic OH excluding ortho intramolecular Hbond substituents is 1. The summed E-state index contributed by atoms with van der Waals surface area (Å²) in [6, 6.07) is 11.6. The number of ether oxygens (including phenoxy) is 1. The predicted molar refractivity (Wildman–Crippen MR) is 133 cm³/mol. The van der Waals surface area contributed by atoms with E-state index in [1.807, 2.05) is 13.0 Å². The number of hydrogen-bond donors (Lipinski definition) is 4. The van der Waals surface area contributed by atoms with Gasteiger partial charge in [0.25, 0.3) is 0 Å². The van der Waals surface area contributed by atoms with Crippen LogP contribution in [0, 0.1) is 12.7 Å². The minimum absolute atomic E-state index is 0.00622. The number of aromatic nitrogens is 2. The van der Waals surface area contributed by atoms with Crippen molar-refractivity contribution in [3.05, 3.63) is 53.8 Å². The van der Waals surface area contributed by atoms with Crippen LogP contribution in [0.15, 0.2) is 42.5 Å². The SMILES string of the molecule is CCOC(=O)N1CCC(Nc2cc(-c3cc(Nc4ccc(C)cc4F)ccc3O)nc(N)n2)CC1. The van der Waals surface area contributed by atoms with Gasteiger partial charge in [0.1, 0.15) is 17.4 Å². The molecule has 0 saturated carbocycles. The van der Waals surface area contributed by atoms with E-state index in [-0.39, 0.29) is 29.7 Å². The fourth-order valence-corrected chi connectivity index (χ4v) is 4.00. The summed E-state index contributed by atoms with van der Waals surface area (Å²) in [5.41, 5.74) is 8.55. The van der Waals surface area contributed by atoms with E-state index < -0.39 is 0 Å². The number of amides is 1. The molecule has 1 aliphatic rings. The lowest BCUT2D eigenvalue weighted by atomic mass is 10.1. The molecule has 2 aromatic carbocycles. The Kier molecular flexibility index (Phi) is 7.19. The number of nitrogens with one attached hydrogen (secondary N) is 2. The molecular weight excluding hydrogens is 451 g/mol. The Morgan fingerprint density at radius 2 is 1.97 bits per heavy atom. The molecule has 1 amide bonds. The second kappa shape index (κ2) is 10.5. The van der Waals surface area contributed by atoms with Gasteiger partial charge >= 0.3 is 6.09 Å². The van der Waals surface area contributed by atoms with Crippen molar-refractivity contribution in [1.29, 1.82) is 0 Å². The molecule has 10 heteroatoms. The van der Waals surface area contributed by atoms with Crippen LogP contribution in [0.2, 0.25) is 0 Å². The highest BCUT2D eigenvalue weighted by Gasteiger charge is 2.24. The standard InChI is InChI=1S/C25H29FN6O3/c1-3-35-25(34)32-10-8-16(9-11-32)29-23-14-21(30-24(27)31-23)18-13-17(5-7-22(18)33)28-20-6-4-15(2)12-19(20)26/h4-7,12-14,16,28,33H,3,8-11H2,1-2H3,(H3,27,29,30,31). The molecule has 0 aliphatic carbocycles. The Morgan fingerprint density at radius 1 is 1.20 bits per heavy atom. The first-order chi connectivity index (χ1) is 16.8. The third kappa shape index (κ3) is 5.89. The number of aromatic hydroxyl groups is 1. The third-order valence-corrected chi connectivity index (χ3v) is 5.79. The largest absolute Gasteiger partial charge is 0.507 e. The lowest BCUT2D eigenvalue weighted by Gasteiger charge is -2.31. The van der Waals surface area contributed by atoms with Crippen LogP contribution in [-0.4, -0.2) is 51.8 Å². The molecule has 5 N–H and O–H groups in total. The smallest absolute Gasteiger partial charge is 0.409 e. The molecule has 2 heterocycles. The summed E-state index contributed by atoms with van der Waals surface area (Å²) < 4.78 is 19.4. The van der Waals surface area contributed by atoms with Crippen molar-refractivity contribution in [3.63, 3.8) is 0 Å². The number of phenols is 1. The summed E-state index contributed by atoms with van der Waals surface area (Å²) in [6.07, 6.45) is 1.16. The second-order valence-electron chi connectivity index (χ2n) is 8.44. The van der Waals surface area contributed by atoms with Crippen molar-refractivity contribution in [2.24, 2.45) is 0 Å². The van der Waals surface area contributed by atoms with Crippen molar-refractivity contribution in [1.82, 2.24) is 14.9 Å². The second-order valence-corrected chi connectivity index (χ2v) is 8.44. The van der Waals surface area contributed by atoms with Crippen LogP contribution in [-0.2, 0) is 4.74 Å². The number of hydrogen-bond acceptors (Lipinski definition) is 8. The van der Waals surface area contributed by atoms with Gasteiger partial charge in [-0.05, 0) is 62.6 Å². The summed E-state index contributed by atoms with van der Waals surface area (Å²) in [7, 11) is 0. The zero-order valence-corrected chi connectivity index (χ0v) is 19.7. The topological polar surface area (TPSA) is 126 Å². The van der Waals surface area contributed by atoms with E-state index in [0.29, 0.717) is 48.1 Å². The first-order valence-electron chi connectivity index (χ1n) is 11.5. The molecule has 0 bridgehead atoms. The molecule has 0 unspecified atom stereocenters. The number of nitrogens with two attached hydrogens (primary N) is 1. The molecule has 3 aromatic rings. The minimum atomic E-state index is -0.369. The van der Waals surface area contributed by atoms with E-state index in [0.717, 1.165) is 18.4 Å². The summed E-state index contributed by atoms with van der Waals surface area (Å²) in [5, 5.41) is 16.9. The average Bonchev–Trinajstić information content (AvgIpc) is 2.82. The quantitative estimate of drug-likeness (QED) is 0.376. The molecule has 0 atom stereocenters. The van der Waals surface area contributed by atoms with Crippen LogP contribution >= 0.6 is 0 Å². The summed E-state index contributed by atoms with van der Waals surface area (Å²) in [5.74, 6) is 0.207. The van der Waals surface area contributed by atoms with Gasteiger partial charge < -0.3 is 31.1 Å². The van der Waals surface area contributed by atoms with E-state index in [4.69, 9.17) is 10.5 Å². The maximum atomic E-state index is 14.3. The summed E-state index contributed by atoms with van der Waals surface area (Å²) in [4.78, 5) is 22.2. The van der Waals surface area contributed by atoms with Crippen molar-refractivity contribution in [2.45, 2.75) is 32.7 Å². The van der Waals surface area contributed by atoms with E-state index in [1.54, 1.807) is 36.1 Å². The molecule has 0 spiro atoms. The highest BCUT2D eigenvalue weighted by molar-refractivity contribution is 5.76. The number of carbonyl (C=O) groups excluding carboxylic acids is 1. The van der Waals surface area contributed by atoms with Gasteiger partial charge in [-0.15, -0.1) is 0 Å². The Hall–Kier alpha value is -4.08. The number of carbonyl (C=O) groups is 1. The first-order valence-corrected chi connectivity index (χ1v) is 11.5. The Balaban J connectivity index is 1.50. The highest BCUT2D eigenvalue weighted by atomic mass is 19.1. The van der Waals surface area contributed by atoms with Gasteiger partial charge in [-0.1, -0.05) is 6.07 Å². The monoisotopic (exact) mass is 480 g/mol. The molecule has 35 heavy (non-hydrogen) atoms. The van der Waals surface area contributed by atoms with Crippen molar-refractivity contribution < 1.29 is 19.0 Å².